The summed E-state index contributed by atoms with van der Waals surface area (Å²) < 4.78 is 1.73. The van der Waals surface area contributed by atoms with Crippen molar-refractivity contribution in [2.75, 3.05) is 12.3 Å². The highest BCUT2D eigenvalue weighted by Gasteiger charge is 2.18. The van der Waals surface area contributed by atoms with Gasteiger partial charge in [0.2, 0.25) is 5.91 Å². The average molecular weight is 426 g/mol. The van der Waals surface area contributed by atoms with Crippen LogP contribution in [-0.4, -0.2) is 43.4 Å². The molecule has 160 valence electrons. The van der Waals surface area contributed by atoms with Crippen molar-refractivity contribution in [3.8, 4) is 11.3 Å². The number of nitrogens with two attached hydrogens (primary N) is 1. The van der Waals surface area contributed by atoms with Crippen molar-refractivity contribution >= 4 is 29.0 Å². The maximum Gasteiger partial charge on any atom is 0.246 e. The molecular weight excluding hydrogens is 404 g/mol. The van der Waals surface area contributed by atoms with Crippen molar-refractivity contribution in [1.82, 2.24) is 24.6 Å². The Morgan fingerprint density at radius 3 is 2.53 bits per heavy atom. The molecule has 0 saturated carbocycles. The molecule has 4 rings (SSSR count). The van der Waals surface area contributed by atoms with Gasteiger partial charge >= 0.3 is 0 Å². The Labute approximate surface area is 185 Å². The lowest BCUT2D eigenvalue weighted by Gasteiger charge is -2.21. The fourth-order valence-electron chi connectivity index (χ4n) is 3.52. The molecule has 2 heterocycles. The van der Waals surface area contributed by atoms with Gasteiger partial charge in [-0.05, 0) is 11.6 Å². The molecule has 0 unspecified atom stereocenters. The molecule has 2 aromatic carbocycles. The van der Waals surface area contributed by atoms with E-state index in [2.05, 4.69) is 16.5 Å². The standard InChI is InChI=1S/C24H22N6O2/c1-2-20(32)29(14-17-6-4-3-5-7-17)12-13-30-24-21(23(25)26-16-27-24)22(28-30)19-10-8-18(15-31)9-11-19/h2-11,15-16H,1,12-14H2,(H2,25,26,27). The Morgan fingerprint density at radius 2 is 1.84 bits per heavy atom. The van der Waals surface area contributed by atoms with Gasteiger partial charge in [0, 0.05) is 24.2 Å². The lowest BCUT2D eigenvalue weighted by atomic mass is 10.1. The van der Waals surface area contributed by atoms with E-state index in [9.17, 15) is 9.59 Å². The van der Waals surface area contributed by atoms with E-state index in [1.807, 2.05) is 42.5 Å². The van der Waals surface area contributed by atoms with Gasteiger partial charge in [-0.25, -0.2) is 14.6 Å². The molecule has 0 atom stereocenters. The summed E-state index contributed by atoms with van der Waals surface area (Å²) in [4.78, 5) is 33.6. The fraction of sp³-hybridized carbons (Fsp3) is 0.125. The minimum Gasteiger partial charge on any atom is -0.383 e. The molecule has 32 heavy (non-hydrogen) atoms. The molecule has 8 nitrogen and oxygen atoms in total. The zero-order chi connectivity index (χ0) is 22.5. The second-order valence-corrected chi connectivity index (χ2v) is 7.22. The van der Waals surface area contributed by atoms with Crippen molar-refractivity contribution in [3.05, 3.63) is 84.7 Å². The van der Waals surface area contributed by atoms with E-state index < -0.39 is 0 Å². The van der Waals surface area contributed by atoms with E-state index in [1.54, 1.807) is 21.7 Å². The van der Waals surface area contributed by atoms with Crippen molar-refractivity contribution in [1.29, 1.82) is 0 Å². The van der Waals surface area contributed by atoms with Crippen LogP contribution < -0.4 is 5.73 Å². The zero-order valence-electron chi connectivity index (χ0n) is 17.4. The summed E-state index contributed by atoms with van der Waals surface area (Å²) in [5.74, 6) is 0.156. The second-order valence-electron chi connectivity index (χ2n) is 7.22. The number of carbonyl (C=O) groups excluding carboxylic acids is 2. The van der Waals surface area contributed by atoms with Gasteiger partial charge in [0.15, 0.2) is 5.65 Å². The van der Waals surface area contributed by atoms with Gasteiger partial charge in [0.1, 0.15) is 24.1 Å². The van der Waals surface area contributed by atoms with Crippen molar-refractivity contribution < 1.29 is 9.59 Å². The smallest absolute Gasteiger partial charge is 0.246 e. The highest BCUT2D eigenvalue weighted by molar-refractivity contribution is 5.98. The fourth-order valence-corrected chi connectivity index (χ4v) is 3.52. The van der Waals surface area contributed by atoms with Crippen LogP contribution in [0, 0.1) is 0 Å². The maximum atomic E-state index is 12.4. The summed E-state index contributed by atoms with van der Waals surface area (Å²) in [5, 5.41) is 5.36. The van der Waals surface area contributed by atoms with E-state index in [0.29, 0.717) is 47.7 Å². The third-order valence-corrected chi connectivity index (χ3v) is 5.16. The first kappa shape index (κ1) is 20.9. The molecule has 2 aromatic heterocycles. The first-order valence-corrected chi connectivity index (χ1v) is 10.1. The van der Waals surface area contributed by atoms with Crippen LogP contribution in [0.15, 0.2) is 73.6 Å². The Morgan fingerprint density at radius 1 is 1.09 bits per heavy atom. The van der Waals surface area contributed by atoms with Crippen molar-refractivity contribution in [2.45, 2.75) is 13.1 Å². The predicted octanol–water partition coefficient (Wildman–Crippen LogP) is 3.10. The average Bonchev–Trinajstić information content (AvgIpc) is 3.22. The first-order chi connectivity index (χ1) is 15.6. The highest BCUT2D eigenvalue weighted by atomic mass is 16.2. The van der Waals surface area contributed by atoms with Gasteiger partial charge in [-0.2, -0.15) is 5.10 Å². The van der Waals surface area contributed by atoms with Crippen LogP contribution in [0.25, 0.3) is 22.3 Å². The number of nitrogens with zero attached hydrogens (tertiary/aromatic N) is 5. The monoisotopic (exact) mass is 426 g/mol. The Hall–Kier alpha value is -4.33. The minimum atomic E-state index is -0.163. The number of anilines is 1. The lowest BCUT2D eigenvalue weighted by molar-refractivity contribution is -0.126. The van der Waals surface area contributed by atoms with Crippen LogP contribution in [0.4, 0.5) is 5.82 Å². The first-order valence-electron chi connectivity index (χ1n) is 10.1. The zero-order valence-corrected chi connectivity index (χ0v) is 17.4. The molecule has 0 spiro atoms. The predicted molar refractivity (Wildman–Crippen MR) is 123 cm³/mol. The Balaban J connectivity index is 1.66. The summed E-state index contributed by atoms with van der Waals surface area (Å²) in [6.07, 6.45) is 3.49. The Bertz CT molecular complexity index is 1270. The number of hydrogen-bond acceptors (Lipinski definition) is 6. The number of amides is 1. The van der Waals surface area contributed by atoms with Gasteiger partial charge in [-0.3, -0.25) is 9.59 Å². The summed E-state index contributed by atoms with van der Waals surface area (Å²) in [5.41, 5.74) is 9.75. The van der Waals surface area contributed by atoms with Crippen LogP contribution in [0.2, 0.25) is 0 Å². The summed E-state index contributed by atoms with van der Waals surface area (Å²) in [6.45, 7) is 4.90. The Kier molecular flexibility index (Phi) is 6.03. The maximum absolute atomic E-state index is 12.4. The lowest BCUT2D eigenvalue weighted by Crippen LogP contribution is -2.32. The van der Waals surface area contributed by atoms with Crippen molar-refractivity contribution in [2.24, 2.45) is 0 Å². The number of aldehydes is 1. The van der Waals surface area contributed by atoms with Crippen LogP contribution in [0.5, 0.6) is 0 Å². The van der Waals surface area contributed by atoms with E-state index in [4.69, 9.17) is 10.8 Å². The van der Waals surface area contributed by atoms with Crippen LogP contribution >= 0.6 is 0 Å². The molecular formula is C24H22N6O2. The number of fused-ring (bicyclic) bond motifs is 1. The van der Waals surface area contributed by atoms with Crippen LogP contribution in [-0.2, 0) is 17.9 Å². The number of rotatable bonds is 8. The second kappa shape index (κ2) is 9.22. The molecule has 0 fully saturated rings. The van der Waals surface area contributed by atoms with Gasteiger partial charge in [0.25, 0.3) is 0 Å². The van der Waals surface area contributed by atoms with E-state index in [-0.39, 0.29) is 5.91 Å². The van der Waals surface area contributed by atoms with Gasteiger partial charge < -0.3 is 10.6 Å². The molecule has 0 bridgehead atoms. The molecule has 4 aromatic rings. The van der Waals surface area contributed by atoms with Crippen LogP contribution in [0.3, 0.4) is 0 Å². The summed E-state index contributed by atoms with van der Waals surface area (Å²) in [7, 11) is 0. The molecule has 0 saturated heterocycles. The third kappa shape index (κ3) is 4.24. The van der Waals surface area contributed by atoms with Crippen molar-refractivity contribution in [3.63, 3.8) is 0 Å². The van der Waals surface area contributed by atoms with E-state index in [1.165, 1.54) is 12.4 Å². The number of carbonyl (C=O) groups is 2. The summed E-state index contributed by atoms with van der Waals surface area (Å²) >= 11 is 0. The number of benzene rings is 2. The third-order valence-electron chi connectivity index (χ3n) is 5.16. The summed E-state index contributed by atoms with van der Waals surface area (Å²) in [6, 6.07) is 16.8. The topological polar surface area (TPSA) is 107 Å². The number of hydrogen-bond donors (Lipinski definition) is 1. The minimum absolute atomic E-state index is 0.163. The number of aromatic nitrogens is 4. The molecule has 1 amide bonds. The van der Waals surface area contributed by atoms with Gasteiger partial charge in [-0.1, -0.05) is 61.2 Å². The molecule has 8 heteroatoms. The molecule has 0 radical (unpaired) electrons. The number of nitrogen functional groups attached to an aromatic ring is 1. The molecule has 2 N–H and O–H groups in total. The quantitative estimate of drug-likeness (QED) is 0.343. The van der Waals surface area contributed by atoms with E-state index in [0.717, 1.165) is 17.4 Å². The molecule has 0 aliphatic rings. The largest absolute Gasteiger partial charge is 0.383 e. The van der Waals surface area contributed by atoms with E-state index >= 15 is 0 Å². The SMILES string of the molecule is C=CC(=O)N(CCn1nc(-c2ccc(C=O)cc2)c2c(N)ncnc21)Cc1ccccc1. The van der Waals surface area contributed by atoms with Gasteiger partial charge in [-0.15, -0.1) is 0 Å². The normalized spacial score (nSPS) is 10.8. The molecule has 0 aliphatic carbocycles. The van der Waals surface area contributed by atoms with Gasteiger partial charge in [0.05, 0.1) is 11.9 Å². The highest BCUT2D eigenvalue weighted by Crippen LogP contribution is 2.30. The molecule has 0 aliphatic heterocycles. The van der Waals surface area contributed by atoms with Crippen LogP contribution in [0.1, 0.15) is 15.9 Å².